The number of carbonyl (C=O) groups is 1. The fourth-order valence-corrected chi connectivity index (χ4v) is 1.36. The van der Waals surface area contributed by atoms with Crippen LogP contribution >= 0.6 is 0 Å². The van der Waals surface area contributed by atoms with Crippen LogP contribution in [0.15, 0.2) is 18.3 Å². The highest BCUT2D eigenvalue weighted by molar-refractivity contribution is 6.83. The Labute approximate surface area is 85.4 Å². The molecule has 3 heteroatoms. The molecule has 0 radical (unpaired) electrons. The number of carbonyl (C=O) groups excluding carboxylic acids is 1. The second-order valence-corrected chi connectivity index (χ2v) is 8.81. The Kier molecular flexibility index (Phi) is 3.21. The molecule has 0 N–H and O–H groups in total. The Morgan fingerprint density at radius 3 is 2.71 bits per heavy atom. The van der Waals surface area contributed by atoms with E-state index in [4.69, 9.17) is 0 Å². The summed E-state index contributed by atoms with van der Waals surface area (Å²) in [5, 5.41) is 0. The summed E-state index contributed by atoms with van der Waals surface area (Å²) >= 11 is 0. The van der Waals surface area contributed by atoms with Crippen molar-refractivity contribution in [3.05, 3.63) is 29.6 Å². The molecule has 0 aliphatic heterocycles. The fourth-order valence-electron chi connectivity index (χ4n) is 0.864. The van der Waals surface area contributed by atoms with Gasteiger partial charge in [-0.2, -0.15) is 0 Å². The zero-order valence-electron chi connectivity index (χ0n) is 8.66. The molecule has 0 aliphatic rings. The Morgan fingerprint density at radius 2 is 2.14 bits per heavy atom. The predicted octanol–water partition coefficient (Wildman–Crippen LogP) is 2.12. The normalized spacial score (nSPS) is 10.2. The molecule has 0 saturated carbocycles. The molecule has 0 fully saturated rings. The van der Waals surface area contributed by atoms with E-state index in [0.717, 1.165) is 6.29 Å². The minimum absolute atomic E-state index is 0.568. The van der Waals surface area contributed by atoms with Crippen molar-refractivity contribution in [3.63, 3.8) is 0 Å². The van der Waals surface area contributed by atoms with Crippen molar-refractivity contribution in [2.45, 2.75) is 19.6 Å². The van der Waals surface area contributed by atoms with Gasteiger partial charge in [0.15, 0.2) is 6.29 Å². The zero-order valence-corrected chi connectivity index (χ0v) is 9.66. The van der Waals surface area contributed by atoms with Crippen molar-refractivity contribution in [3.8, 4) is 11.5 Å². The summed E-state index contributed by atoms with van der Waals surface area (Å²) in [6.07, 6.45) is 2.45. The van der Waals surface area contributed by atoms with Crippen molar-refractivity contribution in [2.75, 3.05) is 0 Å². The highest BCUT2D eigenvalue weighted by atomic mass is 28.3. The smallest absolute Gasteiger partial charge is 0.152 e. The first kappa shape index (κ1) is 10.7. The van der Waals surface area contributed by atoms with Crippen LogP contribution in [-0.2, 0) is 0 Å². The average molecular weight is 203 g/mol. The van der Waals surface area contributed by atoms with Crippen molar-refractivity contribution in [2.24, 2.45) is 0 Å². The summed E-state index contributed by atoms with van der Waals surface area (Å²) in [4.78, 5) is 14.7. The Bertz CT molecular complexity index is 396. The van der Waals surface area contributed by atoms with E-state index in [-0.39, 0.29) is 0 Å². The van der Waals surface area contributed by atoms with Gasteiger partial charge in [0, 0.05) is 11.8 Å². The first-order valence-corrected chi connectivity index (χ1v) is 7.96. The molecular weight excluding hydrogens is 190 g/mol. The van der Waals surface area contributed by atoms with Gasteiger partial charge in [0.1, 0.15) is 13.8 Å². The molecule has 0 saturated heterocycles. The summed E-state index contributed by atoms with van der Waals surface area (Å²) in [5.74, 6) is 2.97. The third-order valence-electron chi connectivity index (χ3n) is 1.52. The molecule has 1 aromatic rings. The molecule has 0 unspecified atom stereocenters. The van der Waals surface area contributed by atoms with Gasteiger partial charge in [-0.05, 0) is 12.1 Å². The third-order valence-corrected chi connectivity index (χ3v) is 2.40. The first-order chi connectivity index (χ1) is 6.53. The largest absolute Gasteiger partial charge is 0.298 e. The van der Waals surface area contributed by atoms with Crippen molar-refractivity contribution in [1.29, 1.82) is 0 Å². The van der Waals surface area contributed by atoms with Crippen LogP contribution in [0.5, 0.6) is 0 Å². The van der Waals surface area contributed by atoms with Gasteiger partial charge in [-0.25, -0.2) is 4.98 Å². The molecule has 0 amide bonds. The number of pyridine rings is 1. The summed E-state index contributed by atoms with van der Waals surface area (Å²) in [5.41, 5.74) is 4.34. The summed E-state index contributed by atoms with van der Waals surface area (Å²) in [7, 11) is -1.39. The predicted molar refractivity (Wildman–Crippen MR) is 59.8 cm³/mol. The minimum atomic E-state index is -1.39. The molecular formula is C11H13NOSi. The average Bonchev–Trinajstić information content (AvgIpc) is 2.14. The summed E-state index contributed by atoms with van der Waals surface area (Å²) in [6, 6.07) is 3.47. The Morgan fingerprint density at radius 1 is 1.43 bits per heavy atom. The van der Waals surface area contributed by atoms with Crippen molar-refractivity contribution < 1.29 is 4.79 Å². The van der Waals surface area contributed by atoms with E-state index in [1.54, 1.807) is 18.3 Å². The molecule has 1 heterocycles. The fraction of sp³-hybridized carbons (Fsp3) is 0.273. The van der Waals surface area contributed by atoms with E-state index in [0.29, 0.717) is 11.3 Å². The lowest BCUT2D eigenvalue weighted by Gasteiger charge is -2.03. The molecule has 0 aromatic carbocycles. The van der Waals surface area contributed by atoms with Crippen LogP contribution in [0.3, 0.4) is 0 Å². The van der Waals surface area contributed by atoms with E-state index >= 15 is 0 Å². The number of nitrogens with zero attached hydrogens (tertiary/aromatic N) is 1. The highest BCUT2D eigenvalue weighted by Gasteiger charge is 2.08. The summed E-state index contributed by atoms with van der Waals surface area (Å²) < 4.78 is 0. The van der Waals surface area contributed by atoms with Gasteiger partial charge in [0.2, 0.25) is 0 Å². The number of hydrogen-bond acceptors (Lipinski definition) is 2. The van der Waals surface area contributed by atoms with Gasteiger partial charge in [0.25, 0.3) is 0 Å². The maximum absolute atomic E-state index is 10.7. The van der Waals surface area contributed by atoms with E-state index in [1.165, 1.54) is 0 Å². The van der Waals surface area contributed by atoms with Crippen LogP contribution in [-0.4, -0.2) is 19.3 Å². The summed E-state index contributed by atoms with van der Waals surface area (Å²) in [6.45, 7) is 6.47. The molecule has 0 atom stereocenters. The molecule has 72 valence electrons. The minimum Gasteiger partial charge on any atom is -0.298 e. The van der Waals surface area contributed by atoms with E-state index in [2.05, 4.69) is 36.1 Å². The quantitative estimate of drug-likeness (QED) is 0.397. The molecule has 14 heavy (non-hydrogen) atoms. The lowest BCUT2D eigenvalue weighted by atomic mass is 10.2. The van der Waals surface area contributed by atoms with Crippen LogP contribution in [0.2, 0.25) is 19.6 Å². The first-order valence-electron chi connectivity index (χ1n) is 4.46. The standard InChI is InChI=1S/C11H13NOSi/c1-14(2,3)8-6-11-10(9-13)5-4-7-12-11/h4-5,7,9H,1-3H3. The van der Waals surface area contributed by atoms with Crippen molar-refractivity contribution >= 4 is 14.4 Å². The molecule has 0 aliphatic carbocycles. The molecule has 1 rings (SSSR count). The van der Waals surface area contributed by atoms with Gasteiger partial charge in [-0.3, -0.25) is 4.79 Å². The third kappa shape index (κ3) is 3.15. The zero-order chi connectivity index (χ0) is 10.6. The van der Waals surface area contributed by atoms with Crippen LogP contribution in [0.25, 0.3) is 0 Å². The Hall–Kier alpha value is -1.40. The van der Waals surface area contributed by atoms with Crippen molar-refractivity contribution in [1.82, 2.24) is 4.98 Å². The topological polar surface area (TPSA) is 30.0 Å². The van der Waals surface area contributed by atoms with Crippen LogP contribution in [0.1, 0.15) is 16.1 Å². The van der Waals surface area contributed by atoms with Crippen LogP contribution < -0.4 is 0 Å². The van der Waals surface area contributed by atoms with Gasteiger partial charge in [-0.15, -0.1) is 5.54 Å². The van der Waals surface area contributed by atoms with Gasteiger partial charge in [0.05, 0.1) is 0 Å². The highest BCUT2D eigenvalue weighted by Crippen LogP contribution is 2.02. The maximum atomic E-state index is 10.7. The monoisotopic (exact) mass is 203 g/mol. The molecule has 1 aromatic heterocycles. The SMILES string of the molecule is C[Si](C)(C)C#Cc1ncccc1C=O. The van der Waals surface area contributed by atoms with Crippen LogP contribution in [0.4, 0.5) is 0 Å². The van der Waals surface area contributed by atoms with Crippen LogP contribution in [0, 0.1) is 11.5 Å². The second kappa shape index (κ2) is 4.21. The lowest BCUT2D eigenvalue weighted by molar-refractivity contribution is 0.112. The van der Waals surface area contributed by atoms with Gasteiger partial charge < -0.3 is 0 Å². The van der Waals surface area contributed by atoms with E-state index in [1.807, 2.05) is 0 Å². The number of rotatable bonds is 1. The number of hydrogen-bond donors (Lipinski definition) is 0. The maximum Gasteiger partial charge on any atom is 0.152 e. The molecule has 0 bridgehead atoms. The lowest BCUT2D eigenvalue weighted by Crippen LogP contribution is -2.16. The van der Waals surface area contributed by atoms with Gasteiger partial charge >= 0.3 is 0 Å². The van der Waals surface area contributed by atoms with Gasteiger partial charge in [-0.1, -0.05) is 25.6 Å². The second-order valence-electron chi connectivity index (χ2n) is 4.06. The van der Waals surface area contributed by atoms with E-state index in [9.17, 15) is 4.79 Å². The molecule has 2 nitrogen and oxygen atoms in total. The van der Waals surface area contributed by atoms with E-state index < -0.39 is 8.07 Å². The Balaban J connectivity index is 3.06. The number of aromatic nitrogens is 1. The number of aldehydes is 1. The molecule has 0 spiro atoms.